The van der Waals surface area contributed by atoms with Crippen LogP contribution >= 0.6 is 0 Å². The third-order valence-electron chi connectivity index (χ3n) is 2.33. The molecule has 0 spiro atoms. The Balaban J connectivity index is 2.26. The van der Waals surface area contributed by atoms with Crippen LogP contribution in [0.15, 0.2) is 24.5 Å². The molecular formula is C10H13N3O2S. The first kappa shape index (κ1) is 11.1. The molecule has 1 N–H and O–H groups in total. The van der Waals surface area contributed by atoms with E-state index in [1.807, 2.05) is 29.8 Å². The SMILES string of the molecule is Cn1cnc2cc(CNS(C)(=O)=O)ccc21. The van der Waals surface area contributed by atoms with Crippen molar-refractivity contribution in [3.63, 3.8) is 0 Å². The lowest BCUT2D eigenvalue weighted by molar-refractivity contribution is 0.587. The predicted molar refractivity (Wildman–Crippen MR) is 62.4 cm³/mol. The maximum atomic E-state index is 10.9. The van der Waals surface area contributed by atoms with Gasteiger partial charge in [-0.1, -0.05) is 6.07 Å². The summed E-state index contributed by atoms with van der Waals surface area (Å²) in [5.41, 5.74) is 2.80. The molecule has 16 heavy (non-hydrogen) atoms. The Morgan fingerprint density at radius 1 is 1.44 bits per heavy atom. The molecule has 0 bridgehead atoms. The van der Waals surface area contributed by atoms with Crippen molar-refractivity contribution in [1.82, 2.24) is 14.3 Å². The Hall–Kier alpha value is -1.40. The molecule has 0 saturated heterocycles. The number of aryl methyl sites for hydroxylation is 1. The van der Waals surface area contributed by atoms with E-state index in [0.29, 0.717) is 6.54 Å². The van der Waals surface area contributed by atoms with Gasteiger partial charge in [0.15, 0.2) is 0 Å². The van der Waals surface area contributed by atoms with Crippen LogP contribution in [0.5, 0.6) is 0 Å². The van der Waals surface area contributed by atoms with Crippen molar-refractivity contribution in [3.05, 3.63) is 30.1 Å². The molecular weight excluding hydrogens is 226 g/mol. The van der Waals surface area contributed by atoms with E-state index in [1.165, 1.54) is 0 Å². The lowest BCUT2D eigenvalue weighted by Crippen LogP contribution is -2.21. The maximum absolute atomic E-state index is 10.9. The number of benzene rings is 1. The van der Waals surface area contributed by atoms with E-state index < -0.39 is 10.0 Å². The minimum atomic E-state index is -3.15. The number of hydrogen-bond acceptors (Lipinski definition) is 3. The highest BCUT2D eigenvalue weighted by Crippen LogP contribution is 2.13. The molecule has 2 rings (SSSR count). The smallest absolute Gasteiger partial charge is 0.209 e. The lowest BCUT2D eigenvalue weighted by atomic mass is 10.2. The molecule has 1 aromatic carbocycles. The summed E-state index contributed by atoms with van der Waals surface area (Å²) in [4.78, 5) is 4.21. The second kappa shape index (κ2) is 3.88. The summed E-state index contributed by atoms with van der Waals surface area (Å²) in [6.45, 7) is 0.297. The van der Waals surface area contributed by atoms with Gasteiger partial charge >= 0.3 is 0 Å². The summed E-state index contributed by atoms with van der Waals surface area (Å²) in [6.07, 6.45) is 2.88. The largest absolute Gasteiger partial charge is 0.334 e. The van der Waals surface area contributed by atoms with Gasteiger partial charge in [-0.2, -0.15) is 0 Å². The Morgan fingerprint density at radius 3 is 2.88 bits per heavy atom. The summed E-state index contributed by atoms with van der Waals surface area (Å²) in [5.74, 6) is 0. The first-order valence-corrected chi connectivity index (χ1v) is 6.69. The van der Waals surface area contributed by atoms with E-state index in [2.05, 4.69) is 9.71 Å². The Morgan fingerprint density at radius 2 is 2.19 bits per heavy atom. The number of imidazole rings is 1. The molecule has 0 atom stereocenters. The van der Waals surface area contributed by atoms with Crippen LogP contribution in [-0.2, 0) is 23.6 Å². The summed E-state index contributed by atoms with van der Waals surface area (Å²) in [6, 6.07) is 5.71. The van der Waals surface area contributed by atoms with Crippen molar-refractivity contribution in [1.29, 1.82) is 0 Å². The molecule has 0 aliphatic rings. The van der Waals surface area contributed by atoms with Gasteiger partial charge in [0.2, 0.25) is 10.0 Å². The van der Waals surface area contributed by atoms with E-state index in [0.717, 1.165) is 22.9 Å². The van der Waals surface area contributed by atoms with Crippen molar-refractivity contribution in [3.8, 4) is 0 Å². The fraction of sp³-hybridized carbons (Fsp3) is 0.300. The Kier molecular flexibility index (Phi) is 2.69. The normalized spacial score (nSPS) is 12.1. The molecule has 86 valence electrons. The Labute approximate surface area is 94.2 Å². The standard InChI is InChI=1S/C10H13N3O2S/c1-13-7-11-9-5-8(3-4-10(9)13)6-12-16(2,14)15/h3-5,7,12H,6H2,1-2H3. The molecule has 2 aromatic rings. The fourth-order valence-electron chi connectivity index (χ4n) is 1.51. The molecule has 0 radical (unpaired) electrons. The van der Waals surface area contributed by atoms with Gasteiger partial charge < -0.3 is 4.57 Å². The van der Waals surface area contributed by atoms with Crippen LogP contribution in [-0.4, -0.2) is 24.2 Å². The number of hydrogen-bond donors (Lipinski definition) is 1. The number of aromatic nitrogens is 2. The van der Waals surface area contributed by atoms with Gasteiger partial charge in [-0.25, -0.2) is 18.1 Å². The molecule has 5 nitrogen and oxygen atoms in total. The number of sulfonamides is 1. The van der Waals surface area contributed by atoms with Gasteiger partial charge in [-0.15, -0.1) is 0 Å². The third-order valence-corrected chi connectivity index (χ3v) is 3.00. The average Bonchev–Trinajstić information content (AvgIpc) is 2.56. The van der Waals surface area contributed by atoms with Gasteiger partial charge in [-0.3, -0.25) is 0 Å². The first-order chi connectivity index (χ1) is 7.46. The van der Waals surface area contributed by atoms with Gasteiger partial charge in [0.05, 0.1) is 23.6 Å². The molecule has 0 saturated carbocycles. The predicted octanol–water partition coefficient (Wildman–Crippen LogP) is 0.623. The van der Waals surface area contributed by atoms with Crippen molar-refractivity contribution < 1.29 is 8.42 Å². The zero-order valence-corrected chi connectivity index (χ0v) is 9.95. The Bertz CT molecular complexity index is 616. The van der Waals surface area contributed by atoms with Crippen LogP contribution in [0.2, 0.25) is 0 Å². The van der Waals surface area contributed by atoms with Gasteiger partial charge in [0.1, 0.15) is 0 Å². The van der Waals surface area contributed by atoms with Crippen LogP contribution in [0.4, 0.5) is 0 Å². The van der Waals surface area contributed by atoms with Gasteiger partial charge in [-0.05, 0) is 17.7 Å². The minimum absolute atomic E-state index is 0.297. The number of fused-ring (bicyclic) bond motifs is 1. The lowest BCUT2D eigenvalue weighted by Gasteiger charge is -2.02. The second-order valence-electron chi connectivity index (χ2n) is 3.77. The van der Waals surface area contributed by atoms with E-state index in [1.54, 1.807) is 6.33 Å². The highest BCUT2D eigenvalue weighted by atomic mass is 32.2. The quantitative estimate of drug-likeness (QED) is 0.854. The van der Waals surface area contributed by atoms with Crippen LogP contribution in [0.3, 0.4) is 0 Å². The molecule has 0 aliphatic carbocycles. The fourth-order valence-corrected chi connectivity index (χ4v) is 1.93. The second-order valence-corrected chi connectivity index (χ2v) is 5.60. The summed E-state index contributed by atoms with van der Waals surface area (Å²) >= 11 is 0. The molecule has 0 unspecified atom stereocenters. The number of nitrogens with one attached hydrogen (secondary N) is 1. The van der Waals surface area contributed by atoms with Crippen molar-refractivity contribution in [2.75, 3.05) is 6.26 Å². The zero-order chi connectivity index (χ0) is 11.8. The van der Waals surface area contributed by atoms with Crippen LogP contribution in [0.1, 0.15) is 5.56 Å². The van der Waals surface area contributed by atoms with Crippen molar-refractivity contribution in [2.24, 2.45) is 7.05 Å². The van der Waals surface area contributed by atoms with E-state index >= 15 is 0 Å². The zero-order valence-electron chi connectivity index (χ0n) is 9.14. The highest BCUT2D eigenvalue weighted by molar-refractivity contribution is 7.88. The minimum Gasteiger partial charge on any atom is -0.334 e. The molecule has 1 heterocycles. The van der Waals surface area contributed by atoms with Gasteiger partial charge in [0.25, 0.3) is 0 Å². The average molecular weight is 239 g/mol. The van der Waals surface area contributed by atoms with Crippen LogP contribution in [0.25, 0.3) is 11.0 Å². The molecule has 1 aromatic heterocycles. The van der Waals surface area contributed by atoms with Gasteiger partial charge in [0, 0.05) is 13.6 Å². The monoisotopic (exact) mass is 239 g/mol. The molecule has 0 aliphatic heterocycles. The number of rotatable bonds is 3. The van der Waals surface area contributed by atoms with Crippen molar-refractivity contribution >= 4 is 21.1 Å². The first-order valence-electron chi connectivity index (χ1n) is 4.80. The maximum Gasteiger partial charge on any atom is 0.209 e. The molecule has 6 heteroatoms. The topological polar surface area (TPSA) is 64.0 Å². The summed E-state index contributed by atoms with van der Waals surface area (Å²) < 4.78 is 26.2. The van der Waals surface area contributed by atoms with Crippen molar-refractivity contribution in [2.45, 2.75) is 6.54 Å². The summed E-state index contributed by atoms with van der Waals surface area (Å²) in [5, 5.41) is 0. The van der Waals surface area contributed by atoms with E-state index in [4.69, 9.17) is 0 Å². The molecule has 0 amide bonds. The van der Waals surface area contributed by atoms with Crippen LogP contribution in [0, 0.1) is 0 Å². The third kappa shape index (κ3) is 2.40. The highest BCUT2D eigenvalue weighted by Gasteiger charge is 2.03. The van der Waals surface area contributed by atoms with Crippen LogP contribution < -0.4 is 4.72 Å². The number of nitrogens with zero attached hydrogens (tertiary/aromatic N) is 2. The van der Waals surface area contributed by atoms with E-state index in [-0.39, 0.29) is 0 Å². The summed E-state index contributed by atoms with van der Waals surface area (Å²) in [7, 11) is -1.23. The molecule has 0 fully saturated rings. The van der Waals surface area contributed by atoms with E-state index in [9.17, 15) is 8.42 Å².